The van der Waals surface area contributed by atoms with Crippen LogP contribution in [0.4, 0.5) is 0 Å². The van der Waals surface area contributed by atoms with E-state index in [-0.39, 0.29) is 6.04 Å². The number of hydrogen-bond donors (Lipinski definition) is 1. The highest BCUT2D eigenvalue weighted by molar-refractivity contribution is 7.76. The largest absolute Gasteiger partial charge is 0.302 e. The summed E-state index contributed by atoms with van der Waals surface area (Å²) >= 11 is 0. The molecule has 1 unspecified atom stereocenters. The van der Waals surface area contributed by atoms with Crippen LogP contribution in [0.2, 0.25) is 0 Å². The van der Waals surface area contributed by atoms with E-state index in [1.807, 2.05) is 60.7 Å². The second kappa shape index (κ2) is 10.9. The number of nitrogens with zero attached hydrogens (tertiary/aromatic N) is 1. The molecule has 31 heavy (non-hydrogen) atoms. The molecule has 1 heterocycles. The smallest absolute Gasteiger partial charge is 0.204 e. The molecule has 1 aliphatic rings. The van der Waals surface area contributed by atoms with Crippen molar-refractivity contribution in [1.29, 1.82) is 0 Å². The Kier molecular flexibility index (Phi) is 7.75. The second-order valence-corrected chi connectivity index (χ2v) is 11.0. The van der Waals surface area contributed by atoms with Gasteiger partial charge in [0.15, 0.2) is 0 Å². The van der Waals surface area contributed by atoms with E-state index in [4.69, 9.17) is 0 Å². The molecule has 0 amide bonds. The van der Waals surface area contributed by atoms with Crippen LogP contribution in [0.15, 0.2) is 91.0 Å². The van der Waals surface area contributed by atoms with Gasteiger partial charge in [-0.1, -0.05) is 79.6 Å². The molecule has 4 heteroatoms. The van der Waals surface area contributed by atoms with Crippen LogP contribution in [0.25, 0.3) is 0 Å². The van der Waals surface area contributed by atoms with Gasteiger partial charge in [-0.2, -0.15) is 0 Å². The molecule has 1 saturated heterocycles. The summed E-state index contributed by atoms with van der Waals surface area (Å²) < 4.78 is 14.6. The van der Waals surface area contributed by atoms with Gasteiger partial charge >= 0.3 is 0 Å². The lowest BCUT2D eigenvalue weighted by Gasteiger charge is -2.31. The molecule has 0 aromatic heterocycles. The van der Waals surface area contributed by atoms with Gasteiger partial charge in [0, 0.05) is 23.2 Å². The Hall–Kier alpha value is -2.19. The average molecular weight is 433 g/mol. The molecular formula is C27H33N2OP. The molecule has 0 bridgehead atoms. The van der Waals surface area contributed by atoms with Crippen molar-refractivity contribution in [2.24, 2.45) is 0 Å². The van der Waals surface area contributed by atoms with Gasteiger partial charge in [-0.15, -0.1) is 0 Å². The molecule has 4 rings (SSSR count). The maximum atomic E-state index is 14.6. The predicted molar refractivity (Wildman–Crippen MR) is 132 cm³/mol. The van der Waals surface area contributed by atoms with Crippen LogP contribution in [0.3, 0.4) is 0 Å². The average Bonchev–Trinajstić information content (AvgIpc) is 3.09. The standard InChI is InChI=1S/C27H33N2OP/c30-31(26-16-8-4-9-17-26,27-18-10-5-11-19-27)28-25(22-24-14-6-3-7-15-24)23-29-20-12-1-2-13-21-29/h3-11,14-19,25H,1-2,12-13,20-23H2,(H,28,30). The van der Waals surface area contributed by atoms with Crippen LogP contribution in [0, 0.1) is 0 Å². The summed E-state index contributed by atoms with van der Waals surface area (Å²) in [6.45, 7) is 3.18. The molecule has 0 saturated carbocycles. The fourth-order valence-corrected chi connectivity index (χ4v) is 6.98. The molecule has 0 radical (unpaired) electrons. The van der Waals surface area contributed by atoms with Crippen LogP contribution in [-0.4, -0.2) is 30.6 Å². The summed E-state index contributed by atoms with van der Waals surface area (Å²) in [5.41, 5.74) is 1.28. The zero-order valence-electron chi connectivity index (χ0n) is 18.2. The first-order chi connectivity index (χ1) is 15.2. The van der Waals surface area contributed by atoms with Crippen LogP contribution in [-0.2, 0) is 11.0 Å². The van der Waals surface area contributed by atoms with E-state index in [9.17, 15) is 4.57 Å². The molecule has 162 valence electrons. The fraction of sp³-hybridized carbons (Fsp3) is 0.333. The Bertz CT molecular complexity index is 911. The lowest BCUT2D eigenvalue weighted by molar-refractivity contribution is 0.259. The maximum absolute atomic E-state index is 14.6. The van der Waals surface area contributed by atoms with Crippen molar-refractivity contribution in [1.82, 2.24) is 9.99 Å². The first-order valence-electron chi connectivity index (χ1n) is 11.5. The topological polar surface area (TPSA) is 32.3 Å². The molecule has 3 aromatic rings. The van der Waals surface area contributed by atoms with E-state index in [0.717, 1.165) is 36.7 Å². The lowest BCUT2D eigenvalue weighted by Crippen LogP contribution is -2.44. The summed E-state index contributed by atoms with van der Waals surface area (Å²) in [6, 6.07) is 30.5. The Morgan fingerprint density at radius 1 is 0.710 bits per heavy atom. The van der Waals surface area contributed by atoms with E-state index in [1.165, 1.54) is 31.2 Å². The molecular weight excluding hydrogens is 399 g/mol. The monoisotopic (exact) mass is 432 g/mol. The second-order valence-electron chi connectivity index (χ2n) is 8.51. The molecule has 0 spiro atoms. The summed E-state index contributed by atoms with van der Waals surface area (Å²) in [5.74, 6) is 0. The number of rotatable bonds is 8. The van der Waals surface area contributed by atoms with Crippen molar-refractivity contribution in [2.75, 3.05) is 19.6 Å². The van der Waals surface area contributed by atoms with Gasteiger partial charge in [0.25, 0.3) is 0 Å². The van der Waals surface area contributed by atoms with Gasteiger partial charge in [0.1, 0.15) is 0 Å². The Labute approximate surface area is 186 Å². The van der Waals surface area contributed by atoms with Crippen molar-refractivity contribution in [3.05, 3.63) is 96.6 Å². The minimum absolute atomic E-state index is 0.103. The minimum Gasteiger partial charge on any atom is -0.302 e. The Balaban J connectivity index is 1.65. The third kappa shape index (κ3) is 5.95. The van der Waals surface area contributed by atoms with Gasteiger partial charge in [-0.05, 0) is 62.2 Å². The third-order valence-electron chi connectivity index (χ3n) is 6.11. The summed E-state index contributed by atoms with van der Waals surface area (Å²) in [5, 5.41) is 5.43. The normalized spacial score (nSPS) is 16.5. The predicted octanol–water partition coefficient (Wildman–Crippen LogP) is 4.99. The van der Waals surface area contributed by atoms with Gasteiger partial charge < -0.3 is 4.90 Å². The highest BCUT2D eigenvalue weighted by Crippen LogP contribution is 2.39. The molecule has 1 aliphatic heterocycles. The zero-order valence-corrected chi connectivity index (χ0v) is 19.1. The molecule has 1 N–H and O–H groups in total. The zero-order chi connectivity index (χ0) is 21.4. The Morgan fingerprint density at radius 2 is 1.19 bits per heavy atom. The van der Waals surface area contributed by atoms with Crippen molar-refractivity contribution in [2.45, 2.75) is 38.1 Å². The molecule has 3 aromatic carbocycles. The number of nitrogens with one attached hydrogen (secondary N) is 1. The van der Waals surface area contributed by atoms with Gasteiger partial charge in [-0.3, -0.25) is 9.65 Å². The van der Waals surface area contributed by atoms with Crippen molar-refractivity contribution >= 4 is 17.9 Å². The third-order valence-corrected chi connectivity index (χ3v) is 8.89. The Morgan fingerprint density at radius 3 is 1.71 bits per heavy atom. The molecule has 1 atom stereocenters. The first kappa shape index (κ1) is 22.0. The highest BCUT2D eigenvalue weighted by atomic mass is 31.2. The minimum atomic E-state index is -2.97. The van der Waals surface area contributed by atoms with Gasteiger partial charge in [0.05, 0.1) is 0 Å². The van der Waals surface area contributed by atoms with Gasteiger partial charge in [0.2, 0.25) is 7.29 Å². The highest BCUT2D eigenvalue weighted by Gasteiger charge is 2.31. The quantitative estimate of drug-likeness (QED) is 0.509. The van der Waals surface area contributed by atoms with Crippen molar-refractivity contribution in [3.63, 3.8) is 0 Å². The summed E-state index contributed by atoms with van der Waals surface area (Å²) in [6.07, 6.45) is 6.01. The molecule has 1 fully saturated rings. The lowest BCUT2D eigenvalue weighted by atomic mass is 10.1. The van der Waals surface area contributed by atoms with Gasteiger partial charge in [-0.25, -0.2) is 0 Å². The van der Waals surface area contributed by atoms with Crippen LogP contribution < -0.4 is 15.7 Å². The molecule has 3 nitrogen and oxygen atoms in total. The maximum Gasteiger partial charge on any atom is 0.204 e. The van der Waals surface area contributed by atoms with Crippen LogP contribution in [0.1, 0.15) is 31.2 Å². The molecule has 0 aliphatic carbocycles. The SMILES string of the molecule is O=P(NC(Cc1ccccc1)CN1CCCCCC1)(c1ccccc1)c1ccccc1. The van der Waals surface area contributed by atoms with Crippen molar-refractivity contribution < 1.29 is 4.57 Å². The van der Waals surface area contributed by atoms with E-state index >= 15 is 0 Å². The van der Waals surface area contributed by atoms with Crippen LogP contribution in [0.5, 0.6) is 0 Å². The summed E-state index contributed by atoms with van der Waals surface area (Å²) in [7, 11) is -2.97. The van der Waals surface area contributed by atoms with Crippen LogP contribution >= 0.6 is 7.29 Å². The van der Waals surface area contributed by atoms with E-state index in [2.05, 4.69) is 40.3 Å². The number of benzene rings is 3. The van der Waals surface area contributed by atoms with Crippen molar-refractivity contribution in [3.8, 4) is 0 Å². The van der Waals surface area contributed by atoms with E-state index < -0.39 is 7.29 Å². The number of likely N-dealkylation sites (tertiary alicyclic amines) is 1. The van der Waals surface area contributed by atoms with E-state index in [0.29, 0.717) is 0 Å². The fourth-order valence-electron chi connectivity index (χ4n) is 4.51. The van der Waals surface area contributed by atoms with E-state index in [1.54, 1.807) is 0 Å². The number of hydrogen-bond acceptors (Lipinski definition) is 2. The first-order valence-corrected chi connectivity index (χ1v) is 13.2. The summed E-state index contributed by atoms with van der Waals surface area (Å²) in [4.78, 5) is 2.56.